The summed E-state index contributed by atoms with van der Waals surface area (Å²) in [6.45, 7) is 2.04. The third kappa shape index (κ3) is 2.95. The molecule has 1 aromatic rings. The maximum atomic E-state index is 11.8. The molecule has 0 fully saturated rings. The van der Waals surface area contributed by atoms with E-state index in [1.165, 1.54) is 4.88 Å². The summed E-state index contributed by atoms with van der Waals surface area (Å²) in [4.78, 5) is 13.0. The first kappa shape index (κ1) is 11.4. The van der Waals surface area contributed by atoms with Crippen LogP contribution in [0, 0.1) is 5.92 Å². The Bertz CT molecular complexity index is 369. The number of rotatable bonds is 4. The summed E-state index contributed by atoms with van der Waals surface area (Å²) in [5.74, 6) is 0.619. The lowest BCUT2D eigenvalue weighted by Gasteiger charge is -2.13. The van der Waals surface area contributed by atoms with E-state index in [0.29, 0.717) is 12.3 Å². The van der Waals surface area contributed by atoms with Crippen molar-refractivity contribution >= 4 is 17.2 Å². The van der Waals surface area contributed by atoms with Crippen LogP contribution in [-0.2, 0) is 4.79 Å². The van der Waals surface area contributed by atoms with E-state index < -0.39 is 0 Å². The lowest BCUT2D eigenvalue weighted by Crippen LogP contribution is -2.27. The van der Waals surface area contributed by atoms with Gasteiger partial charge in [-0.2, -0.15) is 0 Å². The molecule has 0 aromatic carbocycles. The SMILES string of the molecule is CC(NC(=O)CC1C=CCC1)c1cccs1. The van der Waals surface area contributed by atoms with Gasteiger partial charge >= 0.3 is 0 Å². The van der Waals surface area contributed by atoms with Crippen LogP contribution in [0.4, 0.5) is 0 Å². The molecular formula is C13H17NOS. The summed E-state index contributed by atoms with van der Waals surface area (Å²) < 4.78 is 0. The first-order valence-corrected chi connectivity index (χ1v) is 6.63. The molecule has 0 spiro atoms. The van der Waals surface area contributed by atoms with Gasteiger partial charge in [-0.1, -0.05) is 18.2 Å². The molecule has 3 heteroatoms. The first-order chi connectivity index (χ1) is 7.75. The lowest BCUT2D eigenvalue weighted by atomic mass is 10.0. The second-order valence-corrected chi connectivity index (χ2v) is 5.25. The fraction of sp³-hybridized carbons (Fsp3) is 0.462. The molecule has 0 saturated heterocycles. The molecule has 0 bridgehead atoms. The van der Waals surface area contributed by atoms with Gasteiger partial charge in [0.15, 0.2) is 0 Å². The lowest BCUT2D eigenvalue weighted by molar-refractivity contribution is -0.122. The van der Waals surface area contributed by atoms with Crippen molar-refractivity contribution in [3.63, 3.8) is 0 Å². The summed E-state index contributed by atoms with van der Waals surface area (Å²) in [5, 5.41) is 5.09. The third-order valence-corrected chi connectivity index (χ3v) is 3.96. The van der Waals surface area contributed by atoms with Gasteiger partial charge in [-0.25, -0.2) is 0 Å². The van der Waals surface area contributed by atoms with E-state index in [-0.39, 0.29) is 11.9 Å². The van der Waals surface area contributed by atoms with Crippen LogP contribution in [0.3, 0.4) is 0 Å². The van der Waals surface area contributed by atoms with Gasteiger partial charge in [0.05, 0.1) is 6.04 Å². The molecule has 16 heavy (non-hydrogen) atoms. The highest BCUT2D eigenvalue weighted by molar-refractivity contribution is 7.10. The van der Waals surface area contributed by atoms with E-state index in [1.54, 1.807) is 11.3 Å². The largest absolute Gasteiger partial charge is 0.349 e. The molecule has 2 atom stereocenters. The van der Waals surface area contributed by atoms with E-state index in [0.717, 1.165) is 12.8 Å². The molecule has 2 rings (SSSR count). The minimum atomic E-state index is 0.137. The monoisotopic (exact) mass is 235 g/mol. The van der Waals surface area contributed by atoms with Crippen LogP contribution in [0.15, 0.2) is 29.7 Å². The minimum absolute atomic E-state index is 0.137. The number of nitrogens with one attached hydrogen (secondary N) is 1. The molecule has 1 N–H and O–H groups in total. The first-order valence-electron chi connectivity index (χ1n) is 5.75. The smallest absolute Gasteiger partial charge is 0.221 e. The average Bonchev–Trinajstić information content (AvgIpc) is 2.88. The van der Waals surface area contributed by atoms with Crippen molar-refractivity contribution in [3.8, 4) is 0 Å². The minimum Gasteiger partial charge on any atom is -0.349 e. The van der Waals surface area contributed by atoms with Crippen molar-refractivity contribution in [1.82, 2.24) is 5.32 Å². The molecule has 0 saturated carbocycles. The summed E-state index contributed by atoms with van der Waals surface area (Å²) in [6.07, 6.45) is 7.21. The van der Waals surface area contributed by atoms with Crippen molar-refractivity contribution in [2.24, 2.45) is 5.92 Å². The Balaban J connectivity index is 1.80. The van der Waals surface area contributed by atoms with Crippen LogP contribution in [0.1, 0.15) is 37.1 Å². The van der Waals surface area contributed by atoms with Crippen LogP contribution in [0.5, 0.6) is 0 Å². The fourth-order valence-electron chi connectivity index (χ4n) is 2.01. The van der Waals surface area contributed by atoms with Crippen molar-refractivity contribution in [2.75, 3.05) is 0 Å². The van der Waals surface area contributed by atoms with Gasteiger partial charge < -0.3 is 5.32 Å². The van der Waals surface area contributed by atoms with Gasteiger partial charge in [0.2, 0.25) is 5.91 Å². The second-order valence-electron chi connectivity index (χ2n) is 4.27. The molecule has 0 radical (unpaired) electrons. The number of carbonyl (C=O) groups excluding carboxylic acids is 1. The summed E-state index contributed by atoms with van der Waals surface area (Å²) in [5.41, 5.74) is 0. The summed E-state index contributed by atoms with van der Waals surface area (Å²) in [7, 11) is 0. The van der Waals surface area contributed by atoms with Gasteiger partial charge in [-0.05, 0) is 37.1 Å². The van der Waals surface area contributed by atoms with Crippen LogP contribution in [0.25, 0.3) is 0 Å². The zero-order valence-electron chi connectivity index (χ0n) is 9.48. The van der Waals surface area contributed by atoms with Crippen LogP contribution >= 0.6 is 11.3 Å². The number of hydrogen-bond donors (Lipinski definition) is 1. The number of allylic oxidation sites excluding steroid dienone is 2. The molecule has 0 aliphatic heterocycles. The zero-order valence-corrected chi connectivity index (χ0v) is 10.3. The van der Waals surface area contributed by atoms with Crippen molar-refractivity contribution < 1.29 is 4.79 Å². The Kier molecular flexibility index (Phi) is 3.78. The summed E-state index contributed by atoms with van der Waals surface area (Å²) >= 11 is 1.69. The van der Waals surface area contributed by atoms with Crippen molar-refractivity contribution in [1.29, 1.82) is 0 Å². The van der Waals surface area contributed by atoms with E-state index >= 15 is 0 Å². The molecule has 2 unspecified atom stereocenters. The summed E-state index contributed by atoms with van der Waals surface area (Å²) in [6, 6.07) is 4.21. The zero-order chi connectivity index (χ0) is 11.4. The molecule has 2 nitrogen and oxygen atoms in total. The predicted octanol–water partition coefficient (Wildman–Crippen LogP) is 3.28. The Morgan fingerprint density at radius 2 is 2.56 bits per heavy atom. The predicted molar refractivity (Wildman–Crippen MR) is 67.4 cm³/mol. The Morgan fingerprint density at radius 1 is 1.69 bits per heavy atom. The number of carbonyl (C=O) groups is 1. The van der Waals surface area contributed by atoms with Gasteiger partial charge in [0, 0.05) is 11.3 Å². The molecule has 86 valence electrons. The Hall–Kier alpha value is -1.09. The average molecular weight is 235 g/mol. The number of hydrogen-bond acceptors (Lipinski definition) is 2. The van der Waals surface area contributed by atoms with E-state index in [2.05, 4.69) is 23.5 Å². The van der Waals surface area contributed by atoms with Gasteiger partial charge in [0.1, 0.15) is 0 Å². The van der Waals surface area contributed by atoms with Crippen LogP contribution in [-0.4, -0.2) is 5.91 Å². The number of amides is 1. The Morgan fingerprint density at radius 3 is 3.19 bits per heavy atom. The topological polar surface area (TPSA) is 29.1 Å². The highest BCUT2D eigenvalue weighted by Crippen LogP contribution is 2.22. The number of thiophene rings is 1. The van der Waals surface area contributed by atoms with Gasteiger partial charge in [-0.3, -0.25) is 4.79 Å². The second kappa shape index (κ2) is 5.30. The Labute approximate surface area is 100 Å². The van der Waals surface area contributed by atoms with Crippen molar-refractivity contribution in [2.45, 2.75) is 32.2 Å². The highest BCUT2D eigenvalue weighted by atomic mass is 32.1. The quantitative estimate of drug-likeness (QED) is 0.797. The van der Waals surface area contributed by atoms with Crippen LogP contribution < -0.4 is 5.32 Å². The maximum absolute atomic E-state index is 11.8. The molecule has 1 heterocycles. The normalized spacial score (nSPS) is 20.9. The molecule has 1 aliphatic carbocycles. The van der Waals surface area contributed by atoms with Gasteiger partial charge in [0.25, 0.3) is 0 Å². The van der Waals surface area contributed by atoms with Crippen LogP contribution in [0.2, 0.25) is 0 Å². The fourth-order valence-corrected chi connectivity index (χ4v) is 2.75. The van der Waals surface area contributed by atoms with E-state index in [4.69, 9.17) is 0 Å². The molecular weight excluding hydrogens is 218 g/mol. The maximum Gasteiger partial charge on any atom is 0.221 e. The molecule has 1 amide bonds. The molecule has 1 aromatic heterocycles. The van der Waals surface area contributed by atoms with Crippen molar-refractivity contribution in [3.05, 3.63) is 34.5 Å². The van der Waals surface area contributed by atoms with E-state index in [9.17, 15) is 4.79 Å². The van der Waals surface area contributed by atoms with Gasteiger partial charge in [-0.15, -0.1) is 11.3 Å². The third-order valence-electron chi connectivity index (χ3n) is 2.91. The molecule has 1 aliphatic rings. The standard InChI is InChI=1S/C13H17NOS/c1-10(12-7-4-8-16-12)14-13(15)9-11-5-2-3-6-11/h2,4-5,7-8,10-11H,3,6,9H2,1H3,(H,14,15). The van der Waals surface area contributed by atoms with E-state index in [1.807, 2.05) is 18.4 Å². The highest BCUT2D eigenvalue weighted by Gasteiger charge is 2.16.